The van der Waals surface area contributed by atoms with Crippen molar-refractivity contribution in [2.24, 2.45) is 0 Å². The molecular weight excluding hydrogens is 324 g/mol. The first-order valence-electron chi connectivity index (χ1n) is 6.27. The Morgan fingerprint density at radius 1 is 1.35 bits per heavy atom. The van der Waals surface area contributed by atoms with Crippen LogP contribution in [0.4, 0.5) is 0 Å². The number of aromatic amines is 1. The number of hydrogen-bond donors (Lipinski definition) is 2. The van der Waals surface area contributed by atoms with Crippen molar-refractivity contribution in [2.75, 3.05) is 13.2 Å². The number of hydrogen-bond acceptors (Lipinski definition) is 4. The van der Waals surface area contributed by atoms with Gasteiger partial charge in [-0.15, -0.1) is 0 Å². The zero-order valence-corrected chi connectivity index (χ0v) is 12.6. The van der Waals surface area contributed by atoms with Crippen LogP contribution in [0.2, 0.25) is 0 Å². The summed E-state index contributed by atoms with van der Waals surface area (Å²) in [6, 6.07) is 7.10. The highest BCUT2D eigenvalue weighted by Gasteiger charge is 2.12. The van der Waals surface area contributed by atoms with Gasteiger partial charge in [0.25, 0.3) is 5.56 Å². The quantitative estimate of drug-likeness (QED) is 0.821. The lowest BCUT2D eigenvalue weighted by atomic mass is 10.1. The lowest BCUT2D eigenvalue weighted by Crippen LogP contribution is -2.15. The van der Waals surface area contributed by atoms with Crippen LogP contribution in [0, 0.1) is 0 Å². The van der Waals surface area contributed by atoms with Gasteiger partial charge in [0.05, 0.1) is 6.61 Å². The third-order valence-electron chi connectivity index (χ3n) is 2.77. The summed E-state index contributed by atoms with van der Waals surface area (Å²) in [6.07, 6.45) is 0.456. The highest BCUT2D eigenvalue weighted by atomic mass is 79.9. The van der Waals surface area contributed by atoms with Gasteiger partial charge in [0.2, 0.25) is 5.88 Å². The SMILES string of the molecule is CCOCCc1nc(O)c(-c2ccc(Br)cc2)c(=O)[nH]1. The Kier molecular flexibility index (Phi) is 4.92. The molecule has 5 nitrogen and oxygen atoms in total. The molecule has 0 saturated carbocycles. The van der Waals surface area contributed by atoms with Crippen molar-refractivity contribution in [1.29, 1.82) is 0 Å². The van der Waals surface area contributed by atoms with Crippen LogP contribution in [0.1, 0.15) is 12.7 Å². The number of aromatic nitrogens is 2. The van der Waals surface area contributed by atoms with Gasteiger partial charge in [-0.05, 0) is 24.6 Å². The van der Waals surface area contributed by atoms with E-state index >= 15 is 0 Å². The van der Waals surface area contributed by atoms with Crippen LogP contribution in [0.25, 0.3) is 11.1 Å². The van der Waals surface area contributed by atoms with Crippen molar-refractivity contribution in [3.8, 4) is 17.0 Å². The smallest absolute Gasteiger partial charge is 0.262 e. The standard InChI is InChI=1S/C14H15BrN2O3/c1-2-20-8-7-11-16-13(18)12(14(19)17-11)9-3-5-10(15)6-4-9/h3-6H,2,7-8H2,1H3,(H2,16,17,18,19). The van der Waals surface area contributed by atoms with E-state index in [0.29, 0.717) is 31.0 Å². The summed E-state index contributed by atoms with van der Waals surface area (Å²) in [5, 5.41) is 9.97. The maximum absolute atomic E-state index is 12.1. The van der Waals surface area contributed by atoms with Crippen LogP contribution in [-0.4, -0.2) is 28.3 Å². The highest BCUT2D eigenvalue weighted by Crippen LogP contribution is 2.24. The predicted molar refractivity (Wildman–Crippen MR) is 79.9 cm³/mol. The van der Waals surface area contributed by atoms with Gasteiger partial charge in [0.15, 0.2) is 0 Å². The monoisotopic (exact) mass is 338 g/mol. The van der Waals surface area contributed by atoms with Gasteiger partial charge < -0.3 is 14.8 Å². The number of rotatable bonds is 5. The van der Waals surface area contributed by atoms with Crippen LogP contribution in [0.15, 0.2) is 33.5 Å². The minimum Gasteiger partial charge on any atom is -0.493 e. The molecule has 0 amide bonds. The second-order valence-electron chi connectivity index (χ2n) is 4.17. The molecule has 2 aromatic rings. The van der Waals surface area contributed by atoms with Gasteiger partial charge in [-0.3, -0.25) is 4.79 Å². The predicted octanol–water partition coefficient (Wildman–Crippen LogP) is 2.48. The first-order valence-corrected chi connectivity index (χ1v) is 7.07. The number of aromatic hydroxyl groups is 1. The van der Waals surface area contributed by atoms with Crippen LogP contribution in [0.5, 0.6) is 5.88 Å². The highest BCUT2D eigenvalue weighted by molar-refractivity contribution is 9.10. The van der Waals surface area contributed by atoms with E-state index in [9.17, 15) is 9.90 Å². The molecule has 0 fully saturated rings. The molecule has 0 unspecified atom stereocenters. The molecular formula is C14H15BrN2O3. The molecule has 0 aliphatic rings. The molecule has 20 heavy (non-hydrogen) atoms. The van der Waals surface area contributed by atoms with Crippen molar-refractivity contribution >= 4 is 15.9 Å². The fraction of sp³-hybridized carbons (Fsp3) is 0.286. The number of benzene rings is 1. The molecule has 1 heterocycles. The Bertz CT molecular complexity index is 638. The minimum atomic E-state index is -0.355. The number of halogens is 1. The third-order valence-corrected chi connectivity index (χ3v) is 3.30. The van der Waals surface area contributed by atoms with Gasteiger partial charge in [-0.1, -0.05) is 28.1 Å². The van der Waals surface area contributed by atoms with Crippen molar-refractivity contribution in [2.45, 2.75) is 13.3 Å². The Balaban J connectivity index is 2.31. The molecule has 0 radical (unpaired) electrons. The number of nitrogens with one attached hydrogen (secondary N) is 1. The van der Waals surface area contributed by atoms with E-state index in [2.05, 4.69) is 25.9 Å². The van der Waals surface area contributed by atoms with Gasteiger partial charge in [-0.2, -0.15) is 4.98 Å². The van der Waals surface area contributed by atoms with Crippen molar-refractivity contribution < 1.29 is 9.84 Å². The topological polar surface area (TPSA) is 75.2 Å². The zero-order valence-electron chi connectivity index (χ0n) is 11.0. The first kappa shape index (κ1) is 14.7. The van der Waals surface area contributed by atoms with Crippen LogP contribution in [-0.2, 0) is 11.2 Å². The fourth-order valence-corrected chi connectivity index (χ4v) is 2.08. The maximum atomic E-state index is 12.1. The Morgan fingerprint density at radius 3 is 2.65 bits per heavy atom. The summed E-state index contributed by atoms with van der Waals surface area (Å²) in [5.74, 6) is 0.157. The van der Waals surface area contributed by atoms with E-state index < -0.39 is 0 Å². The van der Waals surface area contributed by atoms with E-state index in [0.717, 1.165) is 4.47 Å². The van der Waals surface area contributed by atoms with Crippen LogP contribution < -0.4 is 5.56 Å². The van der Waals surface area contributed by atoms with E-state index in [1.807, 2.05) is 6.92 Å². The third kappa shape index (κ3) is 3.46. The lowest BCUT2D eigenvalue weighted by Gasteiger charge is -2.06. The lowest BCUT2D eigenvalue weighted by molar-refractivity contribution is 0.149. The summed E-state index contributed by atoms with van der Waals surface area (Å²) in [5.41, 5.74) is 0.444. The molecule has 1 aromatic carbocycles. The van der Waals surface area contributed by atoms with Crippen LogP contribution >= 0.6 is 15.9 Å². The van der Waals surface area contributed by atoms with Crippen molar-refractivity contribution in [3.05, 3.63) is 44.9 Å². The molecule has 0 saturated heterocycles. The Morgan fingerprint density at radius 2 is 2.05 bits per heavy atom. The summed E-state index contributed by atoms with van der Waals surface area (Å²) < 4.78 is 6.10. The molecule has 6 heteroatoms. The molecule has 0 bridgehead atoms. The molecule has 0 atom stereocenters. The van der Waals surface area contributed by atoms with E-state index in [1.165, 1.54) is 0 Å². The second-order valence-corrected chi connectivity index (χ2v) is 5.08. The van der Waals surface area contributed by atoms with Gasteiger partial charge in [0, 0.05) is 17.5 Å². The summed E-state index contributed by atoms with van der Waals surface area (Å²) in [4.78, 5) is 18.8. The van der Waals surface area contributed by atoms with E-state index in [-0.39, 0.29) is 17.0 Å². The Labute approximate surface area is 124 Å². The largest absolute Gasteiger partial charge is 0.493 e. The molecule has 0 aliphatic heterocycles. The maximum Gasteiger partial charge on any atom is 0.262 e. The molecule has 106 valence electrons. The zero-order chi connectivity index (χ0) is 14.5. The number of ether oxygens (including phenoxy) is 1. The summed E-state index contributed by atoms with van der Waals surface area (Å²) in [7, 11) is 0. The van der Waals surface area contributed by atoms with Gasteiger partial charge >= 0.3 is 0 Å². The summed E-state index contributed by atoms with van der Waals surface area (Å²) >= 11 is 3.32. The normalized spacial score (nSPS) is 10.7. The molecule has 1 aromatic heterocycles. The number of H-pyrrole nitrogens is 1. The van der Waals surface area contributed by atoms with Gasteiger partial charge in [-0.25, -0.2) is 0 Å². The molecule has 2 rings (SSSR count). The average molecular weight is 339 g/mol. The molecule has 2 N–H and O–H groups in total. The molecule has 0 aliphatic carbocycles. The molecule has 0 spiro atoms. The van der Waals surface area contributed by atoms with Crippen molar-refractivity contribution in [1.82, 2.24) is 9.97 Å². The minimum absolute atomic E-state index is 0.178. The number of nitrogens with zero attached hydrogens (tertiary/aromatic N) is 1. The first-order chi connectivity index (χ1) is 9.61. The van der Waals surface area contributed by atoms with E-state index in [4.69, 9.17) is 4.74 Å². The van der Waals surface area contributed by atoms with Gasteiger partial charge in [0.1, 0.15) is 11.4 Å². The van der Waals surface area contributed by atoms with Crippen LogP contribution in [0.3, 0.4) is 0 Å². The second kappa shape index (κ2) is 6.67. The fourth-order valence-electron chi connectivity index (χ4n) is 1.82. The average Bonchev–Trinajstić information content (AvgIpc) is 2.40. The Hall–Kier alpha value is -1.66. The van der Waals surface area contributed by atoms with Crippen molar-refractivity contribution in [3.63, 3.8) is 0 Å². The van der Waals surface area contributed by atoms with E-state index in [1.54, 1.807) is 24.3 Å². The summed E-state index contributed by atoms with van der Waals surface area (Å²) in [6.45, 7) is 2.95.